The number of fused-ring (bicyclic) bond motifs is 1. The van der Waals surface area contributed by atoms with Gasteiger partial charge in [0.2, 0.25) is 0 Å². The standard InChI is InChI=1S/C24H32N8O3/c1-16-13-19(24(34)25-3-4-31-9-11-35-12-10-31)28-18(16)14-17-20-21(29-23(17)33)26-15-27-22(20)32-7-5-30(2)6-8-32/h13-15,28H,3-12H2,1-2H3,(H,25,34)(H,26,27,29,33)/b17-14-. The van der Waals surface area contributed by atoms with Crippen molar-refractivity contribution in [1.29, 1.82) is 0 Å². The van der Waals surface area contributed by atoms with E-state index in [2.05, 4.69) is 47.3 Å². The van der Waals surface area contributed by atoms with E-state index in [-0.39, 0.29) is 11.8 Å². The number of piperazine rings is 1. The predicted molar refractivity (Wildman–Crippen MR) is 133 cm³/mol. The number of amides is 2. The zero-order valence-corrected chi connectivity index (χ0v) is 20.3. The Hall–Kier alpha value is -3.28. The molecule has 3 N–H and O–H groups in total. The number of anilines is 2. The highest BCUT2D eigenvalue weighted by molar-refractivity contribution is 6.35. The molecule has 11 heteroatoms. The van der Waals surface area contributed by atoms with E-state index in [1.165, 1.54) is 6.33 Å². The second kappa shape index (κ2) is 10.1. The van der Waals surface area contributed by atoms with Crippen molar-refractivity contribution in [2.45, 2.75) is 6.92 Å². The summed E-state index contributed by atoms with van der Waals surface area (Å²) < 4.78 is 5.36. The van der Waals surface area contributed by atoms with Crippen LogP contribution in [-0.2, 0) is 9.53 Å². The lowest BCUT2D eigenvalue weighted by Gasteiger charge is -2.33. The van der Waals surface area contributed by atoms with Crippen LogP contribution in [0.25, 0.3) is 11.6 Å². The number of aryl methyl sites for hydroxylation is 1. The number of carbonyl (C=O) groups is 2. The number of carbonyl (C=O) groups excluding carboxylic acids is 2. The van der Waals surface area contributed by atoms with Crippen LogP contribution in [0.3, 0.4) is 0 Å². The first kappa shape index (κ1) is 23.5. The molecule has 3 aliphatic rings. The van der Waals surface area contributed by atoms with Crippen molar-refractivity contribution >= 4 is 35.1 Å². The van der Waals surface area contributed by atoms with Crippen LogP contribution in [0.2, 0.25) is 0 Å². The largest absolute Gasteiger partial charge is 0.379 e. The van der Waals surface area contributed by atoms with Crippen LogP contribution in [0.15, 0.2) is 12.4 Å². The summed E-state index contributed by atoms with van der Waals surface area (Å²) >= 11 is 0. The lowest BCUT2D eigenvalue weighted by Crippen LogP contribution is -2.45. The van der Waals surface area contributed by atoms with Crippen molar-refractivity contribution < 1.29 is 14.3 Å². The van der Waals surface area contributed by atoms with Gasteiger partial charge in [-0.3, -0.25) is 14.5 Å². The first-order valence-corrected chi connectivity index (χ1v) is 12.1. The Morgan fingerprint density at radius 2 is 1.94 bits per heavy atom. The van der Waals surface area contributed by atoms with Gasteiger partial charge in [0, 0.05) is 58.1 Å². The fourth-order valence-corrected chi connectivity index (χ4v) is 4.64. The Morgan fingerprint density at radius 1 is 1.17 bits per heavy atom. The summed E-state index contributed by atoms with van der Waals surface area (Å²) in [5, 5.41) is 5.84. The molecular weight excluding hydrogens is 448 g/mol. The Balaban J connectivity index is 1.33. The van der Waals surface area contributed by atoms with Crippen LogP contribution >= 0.6 is 0 Å². The van der Waals surface area contributed by atoms with Crippen LogP contribution in [0.5, 0.6) is 0 Å². The molecule has 0 radical (unpaired) electrons. The SMILES string of the molecule is Cc1cc(C(=O)NCCN2CCOCC2)[nH]c1/C=C1\C(=O)Nc2ncnc(N3CCN(C)CC3)c21. The highest BCUT2D eigenvalue weighted by Crippen LogP contribution is 2.38. The summed E-state index contributed by atoms with van der Waals surface area (Å²) in [4.78, 5) is 44.4. The molecule has 35 heavy (non-hydrogen) atoms. The van der Waals surface area contributed by atoms with Gasteiger partial charge in [0.1, 0.15) is 23.7 Å². The number of hydrogen-bond acceptors (Lipinski definition) is 8. The Morgan fingerprint density at radius 3 is 2.71 bits per heavy atom. The van der Waals surface area contributed by atoms with Gasteiger partial charge in [-0.1, -0.05) is 0 Å². The molecule has 5 rings (SSSR count). The highest BCUT2D eigenvalue weighted by atomic mass is 16.5. The second-order valence-corrected chi connectivity index (χ2v) is 9.21. The fraction of sp³-hybridized carbons (Fsp3) is 0.500. The van der Waals surface area contributed by atoms with E-state index in [9.17, 15) is 9.59 Å². The molecule has 0 saturated carbocycles. The molecule has 0 bridgehead atoms. The molecular formula is C24H32N8O3. The van der Waals surface area contributed by atoms with E-state index in [0.717, 1.165) is 76.1 Å². The average molecular weight is 481 g/mol. The van der Waals surface area contributed by atoms with Crippen molar-refractivity contribution in [2.75, 3.05) is 82.8 Å². The number of H-pyrrole nitrogens is 1. The van der Waals surface area contributed by atoms with E-state index < -0.39 is 0 Å². The minimum absolute atomic E-state index is 0.163. The molecule has 0 unspecified atom stereocenters. The number of hydrogen-bond donors (Lipinski definition) is 3. The minimum atomic E-state index is -0.221. The average Bonchev–Trinajstić information content (AvgIpc) is 3.39. The normalized spacial score (nSPS) is 20.2. The number of morpholine rings is 1. The summed E-state index contributed by atoms with van der Waals surface area (Å²) in [6, 6.07) is 1.81. The molecule has 5 heterocycles. The molecule has 2 amide bonds. The third kappa shape index (κ3) is 5.07. The zero-order valence-electron chi connectivity index (χ0n) is 20.3. The number of aromatic nitrogens is 3. The van der Waals surface area contributed by atoms with Crippen LogP contribution in [0, 0.1) is 6.92 Å². The molecule has 3 aliphatic heterocycles. The monoisotopic (exact) mass is 480 g/mol. The van der Waals surface area contributed by atoms with Gasteiger partial charge in [0.05, 0.1) is 24.4 Å². The molecule has 2 saturated heterocycles. The number of rotatable bonds is 6. The fourth-order valence-electron chi connectivity index (χ4n) is 4.64. The summed E-state index contributed by atoms with van der Waals surface area (Å²) in [6.07, 6.45) is 3.29. The Bertz CT molecular complexity index is 1130. The maximum atomic E-state index is 12.9. The van der Waals surface area contributed by atoms with Gasteiger partial charge in [-0.25, -0.2) is 9.97 Å². The van der Waals surface area contributed by atoms with E-state index >= 15 is 0 Å². The third-order valence-electron chi connectivity index (χ3n) is 6.78. The molecule has 2 aromatic rings. The molecule has 0 aliphatic carbocycles. The van der Waals surface area contributed by atoms with Gasteiger partial charge in [-0.05, 0) is 31.7 Å². The number of nitrogens with zero attached hydrogens (tertiary/aromatic N) is 5. The van der Waals surface area contributed by atoms with E-state index in [1.54, 1.807) is 6.08 Å². The number of likely N-dealkylation sites (N-methyl/N-ethyl adjacent to an activating group) is 1. The number of aromatic amines is 1. The highest BCUT2D eigenvalue weighted by Gasteiger charge is 2.32. The summed E-state index contributed by atoms with van der Waals surface area (Å²) in [7, 11) is 2.10. The van der Waals surface area contributed by atoms with Crippen molar-refractivity contribution in [3.63, 3.8) is 0 Å². The maximum absolute atomic E-state index is 12.9. The van der Waals surface area contributed by atoms with Gasteiger partial charge in [-0.2, -0.15) is 0 Å². The molecule has 2 fully saturated rings. The van der Waals surface area contributed by atoms with Gasteiger partial charge >= 0.3 is 0 Å². The summed E-state index contributed by atoms with van der Waals surface area (Å²) in [5.41, 5.74) is 3.29. The van der Waals surface area contributed by atoms with Crippen molar-refractivity contribution in [3.8, 4) is 0 Å². The Labute approximate surface area is 204 Å². The number of nitrogens with one attached hydrogen (secondary N) is 3. The Kier molecular flexibility index (Phi) is 6.80. The zero-order chi connectivity index (χ0) is 24.4. The van der Waals surface area contributed by atoms with E-state index in [1.807, 2.05) is 13.0 Å². The van der Waals surface area contributed by atoms with Gasteiger partial charge < -0.3 is 30.2 Å². The molecule has 0 spiro atoms. The van der Waals surface area contributed by atoms with Crippen molar-refractivity contribution in [1.82, 2.24) is 30.1 Å². The molecule has 2 aromatic heterocycles. The molecule has 0 atom stereocenters. The van der Waals surface area contributed by atoms with Gasteiger partial charge in [0.15, 0.2) is 0 Å². The quantitative estimate of drug-likeness (QED) is 0.509. The summed E-state index contributed by atoms with van der Waals surface area (Å²) in [5.74, 6) is 0.901. The van der Waals surface area contributed by atoms with Gasteiger partial charge in [0.25, 0.3) is 11.8 Å². The van der Waals surface area contributed by atoms with Crippen LogP contribution < -0.4 is 15.5 Å². The minimum Gasteiger partial charge on any atom is -0.379 e. The molecule has 0 aromatic carbocycles. The third-order valence-corrected chi connectivity index (χ3v) is 6.78. The summed E-state index contributed by atoms with van der Waals surface area (Å²) in [6.45, 7) is 10.0. The van der Waals surface area contributed by atoms with Crippen molar-refractivity contribution in [2.24, 2.45) is 0 Å². The second-order valence-electron chi connectivity index (χ2n) is 9.21. The first-order valence-electron chi connectivity index (χ1n) is 12.1. The smallest absolute Gasteiger partial charge is 0.267 e. The van der Waals surface area contributed by atoms with Crippen LogP contribution in [-0.4, -0.2) is 109 Å². The first-order chi connectivity index (χ1) is 17.0. The molecule has 11 nitrogen and oxygen atoms in total. The van der Waals surface area contributed by atoms with Gasteiger partial charge in [-0.15, -0.1) is 0 Å². The number of ether oxygens (including phenoxy) is 1. The van der Waals surface area contributed by atoms with Crippen LogP contribution in [0.4, 0.5) is 11.6 Å². The maximum Gasteiger partial charge on any atom is 0.267 e. The van der Waals surface area contributed by atoms with Crippen molar-refractivity contribution in [3.05, 3.63) is 34.9 Å². The van der Waals surface area contributed by atoms with E-state index in [4.69, 9.17) is 4.74 Å². The predicted octanol–water partition coefficient (Wildman–Crippen LogP) is 0.420. The van der Waals surface area contributed by atoms with E-state index in [0.29, 0.717) is 29.2 Å². The molecule has 186 valence electrons. The topological polar surface area (TPSA) is 119 Å². The lowest BCUT2D eigenvalue weighted by atomic mass is 10.1. The van der Waals surface area contributed by atoms with Crippen LogP contribution in [0.1, 0.15) is 27.3 Å². The lowest BCUT2D eigenvalue weighted by molar-refractivity contribution is -0.110.